The van der Waals surface area contributed by atoms with Gasteiger partial charge < -0.3 is 19.1 Å². The monoisotopic (exact) mass is 343 g/mol. The minimum absolute atomic E-state index is 0.208. The van der Waals surface area contributed by atoms with Crippen molar-refractivity contribution in [3.63, 3.8) is 0 Å². The lowest BCUT2D eigenvalue weighted by Gasteiger charge is -2.19. The molecule has 0 fully saturated rings. The van der Waals surface area contributed by atoms with E-state index < -0.39 is 5.97 Å². The number of nitrogens with zero attached hydrogens (tertiary/aromatic N) is 1. The van der Waals surface area contributed by atoms with Crippen molar-refractivity contribution in [1.29, 1.82) is 0 Å². The van der Waals surface area contributed by atoms with Gasteiger partial charge in [0.05, 0.1) is 13.7 Å². The number of hydrogen-bond acceptors (Lipinski definition) is 5. The van der Waals surface area contributed by atoms with Gasteiger partial charge in [0.1, 0.15) is 5.75 Å². The number of methoxy groups -OCH3 is 1. The third-order valence-corrected chi connectivity index (χ3v) is 3.48. The van der Waals surface area contributed by atoms with Crippen molar-refractivity contribution in [3.05, 3.63) is 48.0 Å². The van der Waals surface area contributed by atoms with Gasteiger partial charge in [0.2, 0.25) is 0 Å². The van der Waals surface area contributed by atoms with Crippen molar-refractivity contribution in [3.8, 4) is 17.2 Å². The maximum Gasteiger partial charge on any atom is 0.308 e. The number of carbonyl (C=O) groups excluding carboxylic acids is 2. The molecule has 0 atom stereocenters. The van der Waals surface area contributed by atoms with E-state index in [4.69, 9.17) is 14.2 Å². The Morgan fingerprint density at radius 2 is 1.84 bits per heavy atom. The molecule has 0 aliphatic heterocycles. The van der Waals surface area contributed by atoms with Crippen LogP contribution < -0.4 is 19.1 Å². The number of benzene rings is 2. The lowest BCUT2D eigenvalue weighted by molar-refractivity contribution is -0.132. The first-order valence-corrected chi connectivity index (χ1v) is 7.83. The van der Waals surface area contributed by atoms with Crippen LogP contribution in [-0.2, 0) is 4.79 Å². The molecule has 0 N–H and O–H groups in total. The first-order chi connectivity index (χ1) is 12.0. The van der Waals surface area contributed by atoms with Gasteiger partial charge in [0, 0.05) is 31.3 Å². The third kappa shape index (κ3) is 4.50. The number of ether oxygens (including phenoxy) is 3. The van der Waals surface area contributed by atoms with Gasteiger partial charge in [-0.2, -0.15) is 0 Å². The highest BCUT2D eigenvalue weighted by Gasteiger charge is 2.17. The van der Waals surface area contributed by atoms with Crippen LogP contribution >= 0.6 is 0 Å². The number of anilines is 1. The molecule has 0 radical (unpaired) electrons. The van der Waals surface area contributed by atoms with Crippen LogP contribution in [0.25, 0.3) is 0 Å². The lowest BCUT2D eigenvalue weighted by atomic mass is 10.1. The largest absolute Gasteiger partial charge is 0.494 e. The van der Waals surface area contributed by atoms with Crippen LogP contribution in [0.1, 0.15) is 24.2 Å². The third-order valence-electron chi connectivity index (χ3n) is 3.48. The summed E-state index contributed by atoms with van der Waals surface area (Å²) in [5, 5.41) is 0. The summed E-state index contributed by atoms with van der Waals surface area (Å²) in [6, 6.07) is 11.9. The Labute approximate surface area is 146 Å². The average Bonchev–Trinajstić information content (AvgIpc) is 2.60. The van der Waals surface area contributed by atoms with Crippen molar-refractivity contribution in [1.82, 2.24) is 0 Å². The second kappa shape index (κ2) is 8.19. The average molecular weight is 343 g/mol. The lowest BCUT2D eigenvalue weighted by Crippen LogP contribution is -2.26. The van der Waals surface area contributed by atoms with Gasteiger partial charge >= 0.3 is 5.97 Å². The summed E-state index contributed by atoms with van der Waals surface area (Å²) in [6.45, 7) is 3.71. The highest BCUT2D eigenvalue weighted by molar-refractivity contribution is 6.06. The zero-order valence-electron chi connectivity index (χ0n) is 14.7. The first-order valence-electron chi connectivity index (χ1n) is 7.83. The number of esters is 1. The topological polar surface area (TPSA) is 65.1 Å². The molecule has 2 rings (SSSR count). The summed E-state index contributed by atoms with van der Waals surface area (Å²) in [4.78, 5) is 25.4. The van der Waals surface area contributed by atoms with Gasteiger partial charge in [-0.3, -0.25) is 9.59 Å². The predicted molar refractivity (Wildman–Crippen MR) is 94.6 cm³/mol. The molecular weight excluding hydrogens is 322 g/mol. The van der Waals surface area contributed by atoms with Gasteiger partial charge in [0.15, 0.2) is 11.5 Å². The fraction of sp³-hybridized carbons (Fsp3) is 0.263. The van der Waals surface area contributed by atoms with Crippen LogP contribution in [0.15, 0.2) is 42.5 Å². The Bertz CT molecular complexity index is 772. The summed E-state index contributed by atoms with van der Waals surface area (Å²) in [5.74, 6) is 0.639. The van der Waals surface area contributed by atoms with Gasteiger partial charge in [-0.15, -0.1) is 0 Å². The van der Waals surface area contributed by atoms with E-state index in [9.17, 15) is 9.59 Å². The molecule has 6 heteroatoms. The van der Waals surface area contributed by atoms with Gasteiger partial charge in [-0.25, -0.2) is 0 Å². The van der Waals surface area contributed by atoms with E-state index >= 15 is 0 Å². The SMILES string of the molecule is CCOc1cccc(C(=O)N(C)c2ccc(OC)c(OC(C)=O)c2)c1. The molecular formula is C19H21NO5. The molecule has 0 saturated heterocycles. The highest BCUT2D eigenvalue weighted by atomic mass is 16.6. The molecule has 0 saturated carbocycles. The molecule has 0 spiro atoms. The Hall–Kier alpha value is -3.02. The standard InChI is InChI=1S/C19H21NO5/c1-5-24-16-8-6-7-14(11-16)19(22)20(3)15-9-10-17(23-4)18(12-15)25-13(2)21/h6-12H,5H2,1-4H3. The number of carbonyl (C=O) groups is 2. The number of amides is 1. The van der Waals surface area contributed by atoms with Crippen molar-refractivity contribution >= 4 is 17.6 Å². The van der Waals surface area contributed by atoms with Gasteiger partial charge in [0.25, 0.3) is 5.91 Å². The van der Waals surface area contributed by atoms with Crippen LogP contribution in [0.5, 0.6) is 17.2 Å². The van der Waals surface area contributed by atoms with E-state index in [-0.39, 0.29) is 11.7 Å². The molecule has 2 aromatic carbocycles. The van der Waals surface area contributed by atoms with Crippen molar-refractivity contribution in [2.24, 2.45) is 0 Å². The fourth-order valence-corrected chi connectivity index (χ4v) is 2.31. The second-order valence-electron chi connectivity index (χ2n) is 5.25. The molecule has 0 heterocycles. The van der Waals surface area contributed by atoms with Crippen LogP contribution in [0.3, 0.4) is 0 Å². The van der Waals surface area contributed by atoms with E-state index in [1.165, 1.54) is 18.9 Å². The molecule has 132 valence electrons. The maximum atomic E-state index is 12.7. The summed E-state index contributed by atoms with van der Waals surface area (Å²) in [7, 11) is 3.13. The van der Waals surface area contributed by atoms with E-state index in [1.54, 1.807) is 49.5 Å². The van der Waals surface area contributed by atoms with Crippen LogP contribution in [0.4, 0.5) is 5.69 Å². The van der Waals surface area contributed by atoms with Crippen LogP contribution in [0.2, 0.25) is 0 Å². The van der Waals surface area contributed by atoms with Gasteiger partial charge in [-0.1, -0.05) is 6.07 Å². The summed E-state index contributed by atoms with van der Waals surface area (Å²) in [6.07, 6.45) is 0. The predicted octanol–water partition coefficient (Wildman–Crippen LogP) is 3.30. The molecule has 6 nitrogen and oxygen atoms in total. The van der Waals surface area contributed by atoms with Crippen molar-refractivity contribution < 1.29 is 23.8 Å². The van der Waals surface area contributed by atoms with Crippen LogP contribution in [0, 0.1) is 0 Å². The number of hydrogen-bond donors (Lipinski definition) is 0. The minimum atomic E-state index is -0.464. The van der Waals surface area contributed by atoms with E-state index in [1.807, 2.05) is 6.92 Å². The highest BCUT2D eigenvalue weighted by Crippen LogP contribution is 2.32. The summed E-state index contributed by atoms with van der Waals surface area (Å²) >= 11 is 0. The van der Waals surface area contributed by atoms with E-state index in [0.29, 0.717) is 29.4 Å². The smallest absolute Gasteiger partial charge is 0.308 e. The summed E-state index contributed by atoms with van der Waals surface area (Å²) < 4.78 is 15.7. The molecule has 0 aliphatic rings. The molecule has 0 unspecified atom stereocenters. The molecule has 2 aromatic rings. The maximum absolute atomic E-state index is 12.7. The summed E-state index contributed by atoms with van der Waals surface area (Å²) in [5.41, 5.74) is 1.07. The van der Waals surface area contributed by atoms with Crippen molar-refractivity contribution in [2.45, 2.75) is 13.8 Å². The van der Waals surface area contributed by atoms with E-state index in [2.05, 4.69) is 0 Å². The Morgan fingerprint density at radius 1 is 1.08 bits per heavy atom. The molecule has 0 aromatic heterocycles. The van der Waals surface area contributed by atoms with E-state index in [0.717, 1.165) is 0 Å². The van der Waals surface area contributed by atoms with Crippen molar-refractivity contribution in [2.75, 3.05) is 25.7 Å². The number of rotatable bonds is 6. The second-order valence-corrected chi connectivity index (χ2v) is 5.25. The quantitative estimate of drug-likeness (QED) is 0.595. The Kier molecular flexibility index (Phi) is 6.00. The first kappa shape index (κ1) is 18.3. The normalized spacial score (nSPS) is 10.1. The Morgan fingerprint density at radius 3 is 2.48 bits per heavy atom. The molecule has 25 heavy (non-hydrogen) atoms. The van der Waals surface area contributed by atoms with Gasteiger partial charge in [-0.05, 0) is 37.3 Å². The Balaban J connectivity index is 2.30. The minimum Gasteiger partial charge on any atom is -0.494 e. The molecule has 1 amide bonds. The zero-order valence-corrected chi connectivity index (χ0v) is 14.7. The van der Waals surface area contributed by atoms with Crippen LogP contribution in [-0.4, -0.2) is 32.6 Å². The molecule has 0 bridgehead atoms. The fourth-order valence-electron chi connectivity index (χ4n) is 2.31. The molecule has 0 aliphatic carbocycles. The zero-order chi connectivity index (χ0) is 18.4.